The summed E-state index contributed by atoms with van der Waals surface area (Å²) in [6.45, 7) is 6.40. The third-order valence-corrected chi connectivity index (χ3v) is 6.57. The molecule has 0 aliphatic carbocycles. The largest absolute Gasteiger partial charge is 0.495 e. The summed E-state index contributed by atoms with van der Waals surface area (Å²) in [5, 5.41) is 7.69. The molecule has 6 heteroatoms. The van der Waals surface area contributed by atoms with Crippen LogP contribution in [0.1, 0.15) is 47.1 Å². The van der Waals surface area contributed by atoms with Crippen LogP contribution in [0.15, 0.2) is 83.3 Å². The van der Waals surface area contributed by atoms with Crippen LogP contribution in [0.25, 0.3) is 10.8 Å². The average Bonchev–Trinajstić information content (AvgIpc) is 2.83. The van der Waals surface area contributed by atoms with E-state index in [4.69, 9.17) is 4.74 Å². The number of fused-ring (bicyclic) bond motifs is 1. The molecule has 2 N–H and O–H groups in total. The Morgan fingerprint density at radius 2 is 1.43 bits per heavy atom. The van der Waals surface area contributed by atoms with Crippen LogP contribution in [0.3, 0.4) is 0 Å². The molecule has 0 unspecified atom stereocenters. The fourth-order valence-electron chi connectivity index (χ4n) is 3.85. The van der Waals surface area contributed by atoms with Gasteiger partial charge < -0.3 is 15.4 Å². The van der Waals surface area contributed by atoms with Gasteiger partial charge in [0.15, 0.2) is 0 Å². The molecule has 0 heterocycles. The molecule has 4 rings (SSSR count). The van der Waals surface area contributed by atoms with Crippen LogP contribution >= 0.6 is 15.9 Å². The molecule has 0 atom stereocenters. The zero-order valence-electron chi connectivity index (χ0n) is 20.1. The van der Waals surface area contributed by atoms with Gasteiger partial charge in [0.05, 0.1) is 17.1 Å². The molecule has 4 aromatic rings. The number of hydrogen-bond donors (Lipinski definition) is 2. The molecule has 5 nitrogen and oxygen atoms in total. The molecule has 35 heavy (non-hydrogen) atoms. The monoisotopic (exact) mass is 530 g/mol. The SMILES string of the molecule is COc1c(C(=O)Nc2cccc(NC(=O)c3ccc(C(C)(C)C)cc3)c2)cc2ccccc2c1Br. The van der Waals surface area contributed by atoms with Gasteiger partial charge in [-0.2, -0.15) is 0 Å². The third-order valence-electron chi connectivity index (χ3n) is 5.78. The van der Waals surface area contributed by atoms with Gasteiger partial charge in [-0.1, -0.05) is 63.2 Å². The van der Waals surface area contributed by atoms with Gasteiger partial charge >= 0.3 is 0 Å². The first-order valence-corrected chi connectivity index (χ1v) is 12.1. The second-order valence-electron chi connectivity index (χ2n) is 9.31. The minimum atomic E-state index is -0.311. The highest BCUT2D eigenvalue weighted by atomic mass is 79.9. The number of rotatable bonds is 5. The number of anilines is 2. The fourth-order valence-corrected chi connectivity index (χ4v) is 4.59. The highest BCUT2D eigenvalue weighted by molar-refractivity contribution is 9.10. The third kappa shape index (κ3) is 5.38. The van der Waals surface area contributed by atoms with E-state index in [9.17, 15) is 9.59 Å². The van der Waals surface area contributed by atoms with Crippen LogP contribution in [0.2, 0.25) is 0 Å². The van der Waals surface area contributed by atoms with Crippen molar-refractivity contribution >= 4 is 49.9 Å². The summed E-state index contributed by atoms with van der Waals surface area (Å²) in [5.41, 5.74) is 3.30. The van der Waals surface area contributed by atoms with Gasteiger partial charge in [0.25, 0.3) is 11.8 Å². The number of ether oxygens (including phenoxy) is 1. The van der Waals surface area contributed by atoms with Crippen LogP contribution in [0.5, 0.6) is 5.75 Å². The fraction of sp³-hybridized carbons (Fsp3) is 0.172. The molecular weight excluding hydrogens is 504 g/mol. The van der Waals surface area contributed by atoms with Gasteiger partial charge in [0.2, 0.25) is 0 Å². The normalized spacial score (nSPS) is 11.2. The lowest BCUT2D eigenvalue weighted by molar-refractivity contribution is 0.101. The van der Waals surface area contributed by atoms with Crippen LogP contribution in [-0.2, 0) is 5.41 Å². The first-order chi connectivity index (χ1) is 16.7. The summed E-state index contributed by atoms with van der Waals surface area (Å²) < 4.78 is 6.26. The number of hydrogen-bond acceptors (Lipinski definition) is 3. The van der Waals surface area contributed by atoms with Crippen molar-refractivity contribution in [3.05, 3.63) is 100 Å². The maximum Gasteiger partial charge on any atom is 0.259 e. The Labute approximate surface area is 213 Å². The second-order valence-corrected chi connectivity index (χ2v) is 10.1. The number of halogens is 1. The summed E-state index contributed by atoms with van der Waals surface area (Å²) in [5.74, 6) is -0.0621. The highest BCUT2D eigenvalue weighted by Crippen LogP contribution is 2.37. The van der Waals surface area contributed by atoms with Crippen molar-refractivity contribution in [2.24, 2.45) is 0 Å². The maximum absolute atomic E-state index is 13.2. The van der Waals surface area contributed by atoms with E-state index in [0.29, 0.717) is 28.3 Å². The molecular formula is C29H27BrN2O3. The predicted molar refractivity (Wildman–Crippen MR) is 146 cm³/mol. The van der Waals surface area contributed by atoms with E-state index in [1.807, 2.05) is 48.5 Å². The first kappa shape index (κ1) is 24.5. The molecule has 0 aromatic heterocycles. The Kier molecular flexibility index (Phi) is 6.94. The molecule has 0 saturated carbocycles. The highest BCUT2D eigenvalue weighted by Gasteiger charge is 2.19. The first-order valence-electron chi connectivity index (χ1n) is 11.3. The molecule has 0 aliphatic heterocycles. The number of carbonyl (C=O) groups excluding carboxylic acids is 2. The van der Waals surface area contributed by atoms with Gasteiger partial charge in [0, 0.05) is 16.9 Å². The summed E-state index contributed by atoms with van der Waals surface area (Å²) in [6, 6.07) is 24.2. The lowest BCUT2D eigenvalue weighted by atomic mass is 9.87. The van der Waals surface area contributed by atoms with E-state index >= 15 is 0 Å². The molecule has 0 aliphatic rings. The van der Waals surface area contributed by atoms with Crippen molar-refractivity contribution in [2.75, 3.05) is 17.7 Å². The van der Waals surface area contributed by atoms with E-state index in [1.54, 1.807) is 30.3 Å². The van der Waals surface area contributed by atoms with E-state index < -0.39 is 0 Å². The Bertz CT molecular complexity index is 1410. The van der Waals surface area contributed by atoms with Gasteiger partial charge in [-0.05, 0) is 74.1 Å². The van der Waals surface area contributed by atoms with Crippen LogP contribution < -0.4 is 15.4 Å². The van der Waals surface area contributed by atoms with Gasteiger partial charge in [-0.15, -0.1) is 0 Å². The summed E-state index contributed by atoms with van der Waals surface area (Å²) in [4.78, 5) is 25.9. The van der Waals surface area contributed by atoms with E-state index in [2.05, 4.69) is 47.3 Å². The number of benzene rings is 4. The number of amides is 2. The van der Waals surface area contributed by atoms with Crippen molar-refractivity contribution < 1.29 is 14.3 Å². The van der Waals surface area contributed by atoms with Crippen molar-refractivity contribution in [1.82, 2.24) is 0 Å². The van der Waals surface area contributed by atoms with Crippen LogP contribution in [0, 0.1) is 0 Å². The lowest BCUT2D eigenvalue weighted by Gasteiger charge is -2.19. The quantitative estimate of drug-likeness (QED) is 0.282. The average molecular weight is 531 g/mol. The number of carbonyl (C=O) groups is 2. The van der Waals surface area contributed by atoms with E-state index in [0.717, 1.165) is 20.8 Å². The molecule has 178 valence electrons. The molecule has 0 fully saturated rings. The predicted octanol–water partition coefficient (Wildman–Crippen LogP) is 7.41. The Balaban J connectivity index is 1.53. The van der Waals surface area contributed by atoms with E-state index in [1.165, 1.54) is 7.11 Å². The van der Waals surface area contributed by atoms with Crippen molar-refractivity contribution in [3.63, 3.8) is 0 Å². The molecule has 0 spiro atoms. The standard InChI is InChI=1S/C29H27BrN2O3/c1-29(2,3)20-14-12-18(13-15-20)27(33)31-21-9-7-10-22(17-21)32-28(34)24-16-19-8-5-6-11-23(19)25(30)26(24)35-4/h5-17H,1-4H3,(H,31,33)(H,32,34). The molecule has 2 amide bonds. The smallest absolute Gasteiger partial charge is 0.259 e. The molecule has 0 saturated heterocycles. The summed E-state index contributed by atoms with van der Waals surface area (Å²) in [6.07, 6.45) is 0. The minimum Gasteiger partial charge on any atom is -0.495 e. The topological polar surface area (TPSA) is 67.4 Å². The number of methoxy groups -OCH3 is 1. The Morgan fingerprint density at radius 3 is 2.06 bits per heavy atom. The molecule has 0 radical (unpaired) electrons. The van der Waals surface area contributed by atoms with Gasteiger partial charge in [-0.3, -0.25) is 9.59 Å². The molecule has 4 aromatic carbocycles. The maximum atomic E-state index is 13.2. The van der Waals surface area contributed by atoms with Gasteiger partial charge in [-0.25, -0.2) is 0 Å². The van der Waals surface area contributed by atoms with Crippen molar-refractivity contribution in [1.29, 1.82) is 0 Å². The van der Waals surface area contributed by atoms with E-state index in [-0.39, 0.29) is 17.2 Å². The van der Waals surface area contributed by atoms with Crippen molar-refractivity contribution in [3.8, 4) is 5.75 Å². The number of nitrogens with one attached hydrogen (secondary N) is 2. The zero-order chi connectivity index (χ0) is 25.2. The lowest BCUT2D eigenvalue weighted by Crippen LogP contribution is -2.15. The summed E-state index contributed by atoms with van der Waals surface area (Å²) >= 11 is 3.57. The van der Waals surface area contributed by atoms with Crippen LogP contribution in [0.4, 0.5) is 11.4 Å². The zero-order valence-corrected chi connectivity index (χ0v) is 21.7. The van der Waals surface area contributed by atoms with Crippen molar-refractivity contribution in [2.45, 2.75) is 26.2 Å². The molecule has 0 bridgehead atoms. The Morgan fingerprint density at radius 1 is 0.800 bits per heavy atom. The minimum absolute atomic E-state index is 0.0187. The van der Waals surface area contributed by atoms with Crippen LogP contribution in [-0.4, -0.2) is 18.9 Å². The summed E-state index contributed by atoms with van der Waals surface area (Å²) in [7, 11) is 1.54. The van der Waals surface area contributed by atoms with Gasteiger partial charge in [0.1, 0.15) is 5.75 Å². The Hall–Kier alpha value is -3.64. The second kappa shape index (κ2) is 9.92.